The molecule has 0 unspecified atom stereocenters. The summed E-state index contributed by atoms with van der Waals surface area (Å²) in [5.74, 6) is -1.08. The van der Waals surface area contributed by atoms with Crippen molar-refractivity contribution in [2.45, 2.75) is 0 Å². The van der Waals surface area contributed by atoms with E-state index in [0.717, 1.165) is 5.56 Å². The van der Waals surface area contributed by atoms with Crippen molar-refractivity contribution in [3.63, 3.8) is 0 Å². The van der Waals surface area contributed by atoms with Gasteiger partial charge in [-0.15, -0.1) is 0 Å². The Balaban J connectivity index is 1.85. The molecule has 3 rings (SSSR count). The quantitative estimate of drug-likeness (QED) is 0.560. The Labute approximate surface area is 147 Å². The molecule has 0 N–H and O–H groups in total. The molecular weight excluding hydrogens is 352 g/mol. The number of rotatable bonds is 3. The van der Waals surface area contributed by atoms with Crippen molar-refractivity contribution in [3.05, 3.63) is 81.2 Å². The minimum atomic E-state index is -0.662. The van der Waals surface area contributed by atoms with E-state index in [2.05, 4.69) is 4.99 Å². The Morgan fingerprint density at radius 1 is 1.04 bits per heavy atom. The van der Waals surface area contributed by atoms with E-state index in [0.29, 0.717) is 5.02 Å². The number of cyclic esters (lactones) is 1. The molecular formula is C18H10Cl2FNO2. The standard InChI is InChI=1S/C18H10Cl2FNO2/c19-12-7-4-11(5-8-12)6-9-17-22-16(18(23)24-17)10-13-14(20)2-1-3-15(13)21/h1-10H/b9-6+,16-10-. The lowest BCUT2D eigenvalue weighted by Crippen LogP contribution is -2.01. The second kappa shape index (κ2) is 6.99. The third kappa shape index (κ3) is 3.72. The molecule has 1 heterocycles. The first kappa shape index (κ1) is 16.4. The molecule has 0 aliphatic carbocycles. The Hall–Kier alpha value is -2.43. The van der Waals surface area contributed by atoms with Gasteiger partial charge in [-0.25, -0.2) is 14.2 Å². The first-order valence-corrected chi connectivity index (χ1v) is 7.69. The van der Waals surface area contributed by atoms with Gasteiger partial charge in [0.2, 0.25) is 5.90 Å². The van der Waals surface area contributed by atoms with Crippen LogP contribution in [0.1, 0.15) is 11.1 Å². The van der Waals surface area contributed by atoms with Gasteiger partial charge in [0.1, 0.15) is 5.82 Å². The van der Waals surface area contributed by atoms with Crippen molar-refractivity contribution in [1.82, 2.24) is 0 Å². The van der Waals surface area contributed by atoms with Gasteiger partial charge < -0.3 is 4.74 Å². The molecule has 0 bridgehead atoms. The molecule has 0 spiro atoms. The van der Waals surface area contributed by atoms with Gasteiger partial charge in [0.05, 0.1) is 5.02 Å². The number of benzene rings is 2. The molecule has 24 heavy (non-hydrogen) atoms. The van der Waals surface area contributed by atoms with E-state index in [1.165, 1.54) is 24.3 Å². The molecule has 0 atom stereocenters. The molecule has 1 aliphatic heterocycles. The Morgan fingerprint density at radius 3 is 2.50 bits per heavy atom. The third-order valence-electron chi connectivity index (χ3n) is 3.21. The van der Waals surface area contributed by atoms with Gasteiger partial charge >= 0.3 is 5.97 Å². The van der Waals surface area contributed by atoms with Crippen LogP contribution < -0.4 is 0 Å². The van der Waals surface area contributed by atoms with Crippen LogP contribution in [0.2, 0.25) is 10.0 Å². The van der Waals surface area contributed by atoms with Crippen LogP contribution in [0.25, 0.3) is 12.2 Å². The summed E-state index contributed by atoms with van der Waals surface area (Å²) in [7, 11) is 0. The molecule has 1 aliphatic rings. The molecule has 6 heteroatoms. The van der Waals surface area contributed by atoms with Gasteiger partial charge in [0.15, 0.2) is 5.70 Å². The molecule has 3 nitrogen and oxygen atoms in total. The lowest BCUT2D eigenvalue weighted by molar-refractivity contribution is -0.129. The SMILES string of the molecule is O=C1OC(/C=C/c2ccc(Cl)cc2)=NC/1=C\c1c(F)cccc1Cl. The average Bonchev–Trinajstić information content (AvgIpc) is 2.90. The molecule has 2 aromatic rings. The first-order valence-electron chi connectivity index (χ1n) is 6.93. The second-order valence-corrected chi connectivity index (χ2v) is 5.73. The molecule has 0 radical (unpaired) electrons. The number of aliphatic imine (C=N–C) groups is 1. The number of esters is 1. The summed E-state index contributed by atoms with van der Waals surface area (Å²) in [6.45, 7) is 0. The molecule has 0 fully saturated rings. The van der Waals surface area contributed by atoms with Crippen LogP contribution in [0.5, 0.6) is 0 Å². The van der Waals surface area contributed by atoms with Crippen LogP contribution >= 0.6 is 23.2 Å². The number of hydrogen-bond donors (Lipinski definition) is 0. The Morgan fingerprint density at radius 2 is 1.79 bits per heavy atom. The van der Waals surface area contributed by atoms with E-state index in [4.69, 9.17) is 27.9 Å². The van der Waals surface area contributed by atoms with E-state index in [1.54, 1.807) is 24.3 Å². The van der Waals surface area contributed by atoms with E-state index >= 15 is 0 Å². The van der Waals surface area contributed by atoms with Crippen molar-refractivity contribution in [2.75, 3.05) is 0 Å². The molecule has 0 amide bonds. The molecule has 2 aromatic carbocycles. The number of ether oxygens (including phenoxy) is 1. The average molecular weight is 362 g/mol. The van der Waals surface area contributed by atoms with Crippen molar-refractivity contribution >= 4 is 47.2 Å². The maximum atomic E-state index is 13.8. The summed E-state index contributed by atoms with van der Waals surface area (Å²) in [4.78, 5) is 15.9. The first-order chi connectivity index (χ1) is 11.5. The van der Waals surface area contributed by atoms with E-state index in [-0.39, 0.29) is 22.2 Å². The van der Waals surface area contributed by atoms with Gasteiger partial charge in [-0.3, -0.25) is 0 Å². The lowest BCUT2D eigenvalue weighted by Gasteiger charge is -1.99. The van der Waals surface area contributed by atoms with Crippen molar-refractivity contribution < 1.29 is 13.9 Å². The fourth-order valence-electron chi connectivity index (χ4n) is 2.02. The number of carbonyl (C=O) groups excluding carboxylic acids is 1. The number of hydrogen-bond acceptors (Lipinski definition) is 3. The van der Waals surface area contributed by atoms with Crippen LogP contribution in [0, 0.1) is 5.82 Å². The zero-order chi connectivity index (χ0) is 17.1. The summed E-state index contributed by atoms with van der Waals surface area (Å²) in [6, 6.07) is 11.4. The van der Waals surface area contributed by atoms with Crippen molar-refractivity contribution in [3.8, 4) is 0 Å². The maximum absolute atomic E-state index is 13.8. The van der Waals surface area contributed by atoms with Gasteiger partial charge in [0, 0.05) is 16.7 Å². The highest BCUT2D eigenvalue weighted by Crippen LogP contribution is 2.24. The fourth-order valence-corrected chi connectivity index (χ4v) is 2.37. The summed E-state index contributed by atoms with van der Waals surface area (Å²) in [5.41, 5.74) is 0.947. The van der Waals surface area contributed by atoms with Crippen LogP contribution in [-0.2, 0) is 9.53 Å². The van der Waals surface area contributed by atoms with E-state index in [9.17, 15) is 9.18 Å². The van der Waals surface area contributed by atoms with Gasteiger partial charge in [-0.2, -0.15) is 0 Å². The van der Waals surface area contributed by atoms with Crippen LogP contribution in [0.3, 0.4) is 0 Å². The topological polar surface area (TPSA) is 38.7 Å². The van der Waals surface area contributed by atoms with Crippen LogP contribution in [0.15, 0.2) is 59.2 Å². The van der Waals surface area contributed by atoms with Crippen LogP contribution in [-0.4, -0.2) is 11.9 Å². The molecule has 0 aromatic heterocycles. The van der Waals surface area contributed by atoms with Crippen LogP contribution in [0.4, 0.5) is 4.39 Å². The van der Waals surface area contributed by atoms with Gasteiger partial charge in [0.25, 0.3) is 0 Å². The van der Waals surface area contributed by atoms with E-state index in [1.807, 2.05) is 12.1 Å². The normalized spacial score (nSPS) is 15.9. The zero-order valence-corrected chi connectivity index (χ0v) is 13.7. The highest BCUT2D eigenvalue weighted by atomic mass is 35.5. The predicted octanol–water partition coefficient (Wildman–Crippen LogP) is 5.14. The lowest BCUT2D eigenvalue weighted by atomic mass is 10.2. The monoisotopic (exact) mass is 361 g/mol. The minimum Gasteiger partial charge on any atom is -0.403 e. The van der Waals surface area contributed by atoms with Crippen molar-refractivity contribution in [2.24, 2.45) is 4.99 Å². The number of nitrogens with zero attached hydrogens (tertiary/aromatic N) is 1. The predicted molar refractivity (Wildman–Crippen MR) is 93.4 cm³/mol. The highest BCUT2D eigenvalue weighted by molar-refractivity contribution is 6.32. The Bertz CT molecular complexity index is 866. The second-order valence-electron chi connectivity index (χ2n) is 4.89. The number of carbonyl (C=O) groups is 1. The molecule has 0 saturated carbocycles. The largest absolute Gasteiger partial charge is 0.403 e. The minimum absolute atomic E-state index is 0.0160. The van der Waals surface area contributed by atoms with Gasteiger partial charge in [-0.05, 0) is 42.0 Å². The highest BCUT2D eigenvalue weighted by Gasteiger charge is 2.22. The van der Waals surface area contributed by atoms with E-state index < -0.39 is 11.8 Å². The van der Waals surface area contributed by atoms with Gasteiger partial charge in [-0.1, -0.05) is 41.4 Å². The number of halogens is 3. The summed E-state index contributed by atoms with van der Waals surface area (Å²) in [6.07, 6.45) is 4.54. The third-order valence-corrected chi connectivity index (χ3v) is 3.79. The fraction of sp³-hybridized carbons (Fsp3) is 0. The summed E-state index contributed by atoms with van der Waals surface area (Å²) < 4.78 is 18.8. The summed E-state index contributed by atoms with van der Waals surface area (Å²) >= 11 is 11.7. The molecule has 0 saturated heterocycles. The smallest absolute Gasteiger partial charge is 0.363 e. The molecule has 120 valence electrons. The maximum Gasteiger partial charge on any atom is 0.363 e. The summed E-state index contributed by atoms with van der Waals surface area (Å²) in [5, 5.41) is 0.819. The zero-order valence-electron chi connectivity index (χ0n) is 12.2. The Kier molecular flexibility index (Phi) is 4.79. The van der Waals surface area contributed by atoms with Crippen molar-refractivity contribution in [1.29, 1.82) is 0 Å².